The molecule has 3 heteroatoms. The van der Waals surface area contributed by atoms with E-state index in [-0.39, 0.29) is 0 Å². The van der Waals surface area contributed by atoms with Crippen LogP contribution in [0.25, 0.3) is 11.3 Å². The zero-order chi connectivity index (χ0) is 16.1. The molecule has 0 amide bonds. The van der Waals surface area contributed by atoms with Crippen molar-refractivity contribution in [2.45, 2.75) is 32.7 Å². The Hall–Kier alpha value is -2.42. The second kappa shape index (κ2) is 7.23. The summed E-state index contributed by atoms with van der Waals surface area (Å²) in [5, 5.41) is 0. The summed E-state index contributed by atoms with van der Waals surface area (Å²) < 4.78 is 2.21. The van der Waals surface area contributed by atoms with E-state index in [4.69, 9.17) is 0 Å². The maximum atomic E-state index is 4.66. The van der Waals surface area contributed by atoms with Crippen molar-refractivity contribution in [3.63, 3.8) is 0 Å². The van der Waals surface area contributed by atoms with Crippen molar-refractivity contribution in [1.82, 2.24) is 14.5 Å². The molecule has 2 heterocycles. The lowest BCUT2D eigenvalue weighted by molar-refractivity contribution is 0.518. The monoisotopic (exact) mass is 305 g/mol. The van der Waals surface area contributed by atoms with Gasteiger partial charge in [-0.25, -0.2) is 4.98 Å². The highest BCUT2D eigenvalue weighted by Crippen LogP contribution is 2.43. The minimum atomic E-state index is 0.379. The molecule has 118 valence electrons. The van der Waals surface area contributed by atoms with Crippen LogP contribution >= 0.6 is 0 Å². The van der Waals surface area contributed by atoms with E-state index in [1.54, 1.807) is 0 Å². The highest BCUT2D eigenvalue weighted by atomic mass is 15.1. The number of nitrogens with zero attached hydrogens (tertiary/aromatic N) is 3. The number of hydrogen-bond donors (Lipinski definition) is 0. The highest BCUT2D eigenvalue weighted by molar-refractivity contribution is 5.58. The van der Waals surface area contributed by atoms with Crippen LogP contribution in [-0.4, -0.2) is 14.5 Å². The Bertz CT molecular complexity index is 698. The van der Waals surface area contributed by atoms with E-state index in [1.807, 2.05) is 57.0 Å². The third kappa shape index (κ3) is 3.50. The summed E-state index contributed by atoms with van der Waals surface area (Å²) in [4.78, 5) is 8.84. The smallest absolute Gasteiger partial charge is 0.0951 e. The van der Waals surface area contributed by atoms with Crippen molar-refractivity contribution in [2.75, 3.05) is 0 Å². The standard InChI is InChI=1S/C18H17N3.C2H6/c1-2-4-14(5-3-1)17-9-8-16(12-20-17)18(15-6-7-15)21-11-10-19-13-21;1-2/h1-5,8-13,15,18H,6-7H2;1-2H3. The molecule has 3 aromatic rings. The van der Waals surface area contributed by atoms with Crippen molar-refractivity contribution in [3.05, 3.63) is 72.9 Å². The molecule has 1 unspecified atom stereocenters. The van der Waals surface area contributed by atoms with E-state index in [2.05, 4.69) is 38.8 Å². The van der Waals surface area contributed by atoms with Crippen molar-refractivity contribution < 1.29 is 0 Å². The second-order valence-electron chi connectivity index (χ2n) is 5.63. The van der Waals surface area contributed by atoms with Gasteiger partial charge in [0.1, 0.15) is 0 Å². The number of pyridine rings is 1. The van der Waals surface area contributed by atoms with Crippen LogP contribution in [0.2, 0.25) is 0 Å². The zero-order valence-electron chi connectivity index (χ0n) is 13.8. The predicted molar refractivity (Wildman–Crippen MR) is 94.1 cm³/mol. The van der Waals surface area contributed by atoms with Gasteiger partial charge in [0, 0.05) is 24.2 Å². The number of rotatable bonds is 4. The lowest BCUT2D eigenvalue weighted by atomic mass is 10.0. The molecule has 1 aliphatic rings. The Morgan fingerprint density at radius 3 is 2.39 bits per heavy atom. The first-order chi connectivity index (χ1) is 11.4. The van der Waals surface area contributed by atoms with E-state index < -0.39 is 0 Å². The maximum absolute atomic E-state index is 4.66. The molecule has 0 radical (unpaired) electrons. The Balaban J connectivity index is 0.000000753. The largest absolute Gasteiger partial charge is 0.330 e. The fraction of sp³-hybridized carbons (Fsp3) is 0.300. The molecule has 0 aliphatic heterocycles. The summed E-state index contributed by atoms with van der Waals surface area (Å²) in [5.41, 5.74) is 3.46. The van der Waals surface area contributed by atoms with Crippen molar-refractivity contribution >= 4 is 0 Å². The van der Waals surface area contributed by atoms with Gasteiger partial charge in [-0.1, -0.05) is 50.2 Å². The summed E-state index contributed by atoms with van der Waals surface area (Å²) in [6.45, 7) is 4.00. The van der Waals surface area contributed by atoms with Crippen molar-refractivity contribution in [2.24, 2.45) is 5.92 Å². The molecule has 1 atom stereocenters. The summed E-state index contributed by atoms with van der Waals surface area (Å²) in [7, 11) is 0. The Morgan fingerprint density at radius 2 is 1.83 bits per heavy atom. The fourth-order valence-corrected chi connectivity index (χ4v) is 2.89. The maximum Gasteiger partial charge on any atom is 0.0951 e. The van der Waals surface area contributed by atoms with Crippen LogP contribution in [0.5, 0.6) is 0 Å². The second-order valence-corrected chi connectivity index (χ2v) is 5.63. The lowest BCUT2D eigenvalue weighted by Gasteiger charge is -2.18. The molecule has 1 aromatic carbocycles. The van der Waals surface area contributed by atoms with Crippen LogP contribution in [0.4, 0.5) is 0 Å². The lowest BCUT2D eigenvalue weighted by Crippen LogP contribution is -2.11. The normalized spacial score (nSPS) is 14.7. The van der Waals surface area contributed by atoms with Gasteiger partial charge in [-0.15, -0.1) is 0 Å². The molecular formula is C20H23N3. The van der Waals surface area contributed by atoms with Crippen LogP contribution in [-0.2, 0) is 0 Å². The van der Waals surface area contributed by atoms with Crippen LogP contribution in [0.1, 0.15) is 38.3 Å². The Labute approximate surface area is 138 Å². The third-order valence-corrected chi connectivity index (χ3v) is 4.11. The van der Waals surface area contributed by atoms with Gasteiger partial charge in [-0.05, 0) is 30.4 Å². The molecule has 1 aliphatic carbocycles. The average Bonchev–Trinajstić information content (AvgIpc) is 3.32. The molecule has 0 bridgehead atoms. The van der Waals surface area contributed by atoms with Crippen LogP contribution in [0.15, 0.2) is 67.4 Å². The van der Waals surface area contributed by atoms with Crippen LogP contribution in [0.3, 0.4) is 0 Å². The van der Waals surface area contributed by atoms with Crippen molar-refractivity contribution in [3.8, 4) is 11.3 Å². The van der Waals surface area contributed by atoms with E-state index in [1.165, 1.54) is 18.4 Å². The molecule has 23 heavy (non-hydrogen) atoms. The van der Waals surface area contributed by atoms with Gasteiger partial charge in [0.25, 0.3) is 0 Å². The molecule has 1 fully saturated rings. The summed E-state index contributed by atoms with van der Waals surface area (Å²) >= 11 is 0. The van der Waals surface area contributed by atoms with Gasteiger partial charge in [-0.3, -0.25) is 4.98 Å². The SMILES string of the molecule is CC.c1ccc(-c2ccc(C(C3CC3)n3ccnc3)cn2)cc1. The van der Waals surface area contributed by atoms with Gasteiger partial charge in [0.05, 0.1) is 18.1 Å². The summed E-state index contributed by atoms with van der Waals surface area (Å²) in [6.07, 6.45) is 10.4. The molecule has 2 aromatic heterocycles. The number of imidazole rings is 1. The molecule has 0 spiro atoms. The molecule has 1 saturated carbocycles. The quantitative estimate of drug-likeness (QED) is 0.681. The van der Waals surface area contributed by atoms with Gasteiger partial charge in [0.15, 0.2) is 0 Å². The highest BCUT2D eigenvalue weighted by Gasteiger charge is 2.33. The van der Waals surface area contributed by atoms with Crippen LogP contribution < -0.4 is 0 Å². The van der Waals surface area contributed by atoms with E-state index in [0.717, 1.165) is 17.2 Å². The van der Waals surface area contributed by atoms with Gasteiger partial charge < -0.3 is 4.57 Å². The predicted octanol–water partition coefficient (Wildman–Crippen LogP) is 4.97. The Kier molecular flexibility index (Phi) is 4.86. The fourth-order valence-electron chi connectivity index (χ4n) is 2.89. The first-order valence-electron chi connectivity index (χ1n) is 8.40. The van der Waals surface area contributed by atoms with Crippen LogP contribution in [0, 0.1) is 5.92 Å². The molecule has 3 nitrogen and oxygen atoms in total. The van der Waals surface area contributed by atoms with E-state index >= 15 is 0 Å². The molecular weight excluding hydrogens is 282 g/mol. The first-order valence-corrected chi connectivity index (χ1v) is 8.40. The summed E-state index contributed by atoms with van der Waals surface area (Å²) in [5.74, 6) is 0.726. The third-order valence-electron chi connectivity index (χ3n) is 4.11. The minimum absolute atomic E-state index is 0.379. The van der Waals surface area contributed by atoms with E-state index in [0.29, 0.717) is 6.04 Å². The van der Waals surface area contributed by atoms with E-state index in [9.17, 15) is 0 Å². The minimum Gasteiger partial charge on any atom is -0.330 e. The first kappa shape index (κ1) is 15.5. The number of aromatic nitrogens is 3. The summed E-state index contributed by atoms with van der Waals surface area (Å²) in [6, 6.07) is 15.0. The molecule has 0 N–H and O–H groups in total. The molecule has 0 saturated heterocycles. The number of benzene rings is 1. The number of hydrogen-bond acceptors (Lipinski definition) is 2. The van der Waals surface area contributed by atoms with Crippen molar-refractivity contribution in [1.29, 1.82) is 0 Å². The molecule has 4 rings (SSSR count). The topological polar surface area (TPSA) is 30.7 Å². The van der Waals surface area contributed by atoms with Gasteiger partial charge >= 0.3 is 0 Å². The Morgan fingerprint density at radius 1 is 1.04 bits per heavy atom. The van der Waals surface area contributed by atoms with Gasteiger partial charge in [-0.2, -0.15) is 0 Å². The van der Waals surface area contributed by atoms with Gasteiger partial charge in [0.2, 0.25) is 0 Å². The zero-order valence-corrected chi connectivity index (χ0v) is 13.8. The average molecular weight is 305 g/mol.